The third kappa shape index (κ3) is 5.87. The average molecular weight is 163 g/mol. The minimum atomic E-state index is 0.0455. The topological polar surface area (TPSA) is 84.6 Å². The molecule has 0 rings (SSSR count). The number of hydrogen-bond acceptors (Lipinski definition) is 4. The highest BCUT2D eigenvalue weighted by Crippen LogP contribution is 1.96. The summed E-state index contributed by atoms with van der Waals surface area (Å²) in [5.74, 6) is 0.779. The van der Waals surface area contributed by atoms with Crippen molar-refractivity contribution in [3.05, 3.63) is 0 Å². The third-order valence-corrected chi connectivity index (χ3v) is 1.60. The van der Waals surface area contributed by atoms with E-state index in [0.717, 1.165) is 5.75 Å². The van der Waals surface area contributed by atoms with Crippen LogP contribution in [0, 0.1) is 0 Å². The fraction of sp³-hybridized carbons (Fsp3) is 0.800. The molecule has 60 valence electrons. The van der Waals surface area contributed by atoms with Crippen LogP contribution in [0.15, 0.2) is 4.99 Å². The van der Waals surface area contributed by atoms with Crippen LogP contribution in [0.3, 0.4) is 0 Å². The summed E-state index contributed by atoms with van der Waals surface area (Å²) in [5.41, 5.74) is 10.6. The fourth-order valence-electron chi connectivity index (χ4n) is 0.369. The smallest absolute Gasteiger partial charge is 0.154 e. The van der Waals surface area contributed by atoms with Crippen LogP contribution in [0.25, 0.3) is 0 Å². The van der Waals surface area contributed by atoms with Gasteiger partial charge in [-0.1, -0.05) is 11.8 Å². The zero-order chi connectivity index (χ0) is 7.82. The second-order valence-electron chi connectivity index (χ2n) is 1.58. The van der Waals surface area contributed by atoms with Gasteiger partial charge in [0.25, 0.3) is 0 Å². The lowest BCUT2D eigenvalue weighted by Crippen LogP contribution is -2.12. The van der Waals surface area contributed by atoms with Gasteiger partial charge in [0.2, 0.25) is 0 Å². The molecular formula is C5H13N3OS. The molecule has 0 aliphatic heterocycles. The standard InChI is InChI=1S/C5H13N3OS/c6-1-4-10-5(7)8-2-3-9/h9H,1-4,6H2,(H2,7,8). The van der Waals surface area contributed by atoms with E-state index in [1.54, 1.807) is 0 Å². The van der Waals surface area contributed by atoms with Crippen molar-refractivity contribution in [1.29, 1.82) is 0 Å². The van der Waals surface area contributed by atoms with Gasteiger partial charge in [-0.2, -0.15) is 0 Å². The van der Waals surface area contributed by atoms with E-state index in [1.807, 2.05) is 0 Å². The second-order valence-corrected chi connectivity index (χ2v) is 2.70. The van der Waals surface area contributed by atoms with E-state index < -0.39 is 0 Å². The van der Waals surface area contributed by atoms with Gasteiger partial charge in [-0.15, -0.1) is 0 Å². The van der Waals surface area contributed by atoms with E-state index in [0.29, 0.717) is 18.3 Å². The Balaban J connectivity index is 3.30. The highest BCUT2D eigenvalue weighted by molar-refractivity contribution is 8.13. The molecule has 0 aromatic rings. The number of hydrogen-bond donors (Lipinski definition) is 3. The lowest BCUT2D eigenvalue weighted by molar-refractivity contribution is 0.307. The van der Waals surface area contributed by atoms with Crippen LogP contribution >= 0.6 is 11.8 Å². The van der Waals surface area contributed by atoms with Gasteiger partial charge in [-0.25, -0.2) is 0 Å². The van der Waals surface area contributed by atoms with E-state index in [9.17, 15) is 0 Å². The van der Waals surface area contributed by atoms with Gasteiger partial charge in [-0.3, -0.25) is 4.99 Å². The van der Waals surface area contributed by atoms with Crippen molar-refractivity contribution in [3.8, 4) is 0 Å². The normalized spacial score (nSPS) is 12.0. The Bertz CT molecular complexity index is 107. The van der Waals surface area contributed by atoms with Gasteiger partial charge < -0.3 is 16.6 Å². The Labute approximate surface area is 64.7 Å². The molecule has 0 bridgehead atoms. The Morgan fingerprint density at radius 3 is 2.80 bits per heavy atom. The first kappa shape index (κ1) is 9.74. The Kier molecular flexibility index (Phi) is 6.68. The Hall–Kier alpha value is -0.260. The van der Waals surface area contributed by atoms with Gasteiger partial charge in [0.05, 0.1) is 13.2 Å². The molecule has 5 N–H and O–H groups in total. The summed E-state index contributed by atoms with van der Waals surface area (Å²) in [7, 11) is 0. The minimum absolute atomic E-state index is 0.0455. The lowest BCUT2D eigenvalue weighted by atomic mass is 10.7. The Morgan fingerprint density at radius 1 is 1.60 bits per heavy atom. The van der Waals surface area contributed by atoms with Crippen molar-refractivity contribution in [1.82, 2.24) is 0 Å². The van der Waals surface area contributed by atoms with E-state index >= 15 is 0 Å². The monoisotopic (exact) mass is 163 g/mol. The van der Waals surface area contributed by atoms with Crippen molar-refractivity contribution >= 4 is 16.9 Å². The number of thioether (sulfide) groups is 1. The van der Waals surface area contributed by atoms with Crippen LogP contribution in [0.1, 0.15) is 0 Å². The number of nitrogens with two attached hydrogens (primary N) is 2. The second kappa shape index (κ2) is 6.85. The molecule has 10 heavy (non-hydrogen) atoms. The molecule has 0 radical (unpaired) electrons. The van der Waals surface area contributed by atoms with E-state index in [2.05, 4.69) is 4.99 Å². The summed E-state index contributed by atoms with van der Waals surface area (Å²) < 4.78 is 0. The highest BCUT2D eigenvalue weighted by Gasteiger charge is 1.89. The van der Waals surface area contributed by atoms with Gasteiger partial charge in [0.15, 0.2) is 5.17 Å². The summed E-state index contributed by atoms with van der Waals surface area (Å²) in [6.45, 7) is 1.02. The van der Waals surface area contributed by atoms with Gasteiger partial charge in [0.1, 0.15) is 0 Å². The van der Waals surface area contributed by atoms with Crippen LogP contribution in [0.2, 0.25) is 0 Å². The number of aliphatic hydroxyl groups excluding tert-OH is 1. The molecule has 0 saturated carbocycles. The van der Waals surface area contributed by atoms with Crippen molar-refractivity contribution in [2.45, 2.75) is 0 Å². The molecular weight excluding hydrogens is 150 g/mol. The zero-order valence-corrected chi connectivity index (χ0v) is 6.60. The number of aliphatic imine (C=N–C) groups is 1. The quantitative estimate of drug-likeness (QED) is 0.366. The van der Waals surface area contributed by atoms with E-state index in [4.69, 9.17) is 16.6 Å². The van der Waals surface area contributed by atoms with Crippen molar-refractivity contribution in [2.24, 2.45) is 16.5 Å². The molecule has 0 amide bonds. The number of aliphatic hydroxyl groups is 1. The van der Waals surface area contributed by atoms with Crippen molar-refractivity contribution < 1.29 is 5.11 Å². The molecule has 0 spiro atoms. The summed E-state index contributed by atoms with van der Waals surface area (Å²) in [4.78, 5) is 3.83. The molecule has 0 aliphatic rings. The first-order valence-electron chi connectivity index (χ1n) is 3.05. The van der Waals surface area contributed by atoms with Crippen LogP contribution in [0.5, 0.6) is 0 Å². The molecule has 0 aromatic carbocycles. The molecule has 0 saturated heterocycles. The molecule has 0 aromatic heterocycles. The SMILES string of the molecule is NCCSC(N)=NCCO. The number of nitrogens with zero attached hydrogens (tertiary/aromatic N) is 1. The third-order valence-electron chi connectivity index (χ3n) is 0.735. The largest absolute Gasteiger partial charge is 0.394 e. The number of rotatable bonds is 4. The first-order valence-corrected chi connectivity index (χ1v) is 4.03. The van der Waals surface area contributed by atoms with E-state index in [1.165, 1.54) is 11.8 Å². The summed E-state index contributed by atoms with van der Waals surface area (Å²) in [5, 5.41) is 8.84. The molecule has 0 fully saturated rings. The van der Waals surface area contributed by atoms with Gasteiger partial charge in [-0.05, 0) is 0 Å². The minimum Gasteiger partial charge on any atom is -0.394 e. The number of amidine groups is 1. The van der Waals surface area contributed by atoms with Crippen LogP contribution in [-0.2, 0) is 0 Å². The predicted octanol–water partition coefficient (Wildman–Crippen LogP) is -1.01. The maximum absolute atomic E-state index is 8.34. The molecule has 0 atom stereocenters. The molecule has 0 unspecified atom stereocenters. The van der Waals surface area contributed by atoms with Crippen LogP contribution in [-0.4, -0.2) is 35.7 Å². The average Bonchev–Trinajstić information content (AvgIpc) is 1.97. The van der Waals surface area contributed by atoms with Crippen LogP contribution < -0.4 is 11.5 Å². The van der Waals surface area contributed by atoms with Crippen molar-refractivity contribution in [2.75, 3.05) is 25.4 Å². The zero-order valence-electron chi connectivity index (χ0n) is 5.79. The Morgan fingerprint density at radius 2 is 2.30 bits per heavy atom. The maximum Gasteiger partial charge on any atom is 0.154 e. The predicted molar refractivity (Wildman–Crippen MR) is 45.1 cm³/mol. The first-order chi connectivity index (χ1) is 4.81. The van der Waals surface area contributed by atoms with Crippen molar-refractivity contribution in [3.63, 3.8) is 0 Å². The maximum atomic E-state index is 8.34. The molecule has 0 heterocycles. The molecule has 4 nitrogen and oxygen atoms in total. The highest BCUT2D eigenvalue weighted by atomic mass is 32.2. The van der Waals surface area contributed by atoms with E-state index in [-0.39, 0.29) is 6.61 Å². The summed E-state index contributed by atoms with van der Waals surface area (Å²) >= 11 is 1.41. The van der Waals surface area contributed by atoms with Gasteiger partial charge >= 0.3 is 0 Å². The summed E-state index contributed by atoms with van der Waals surface area (Å²) in [6.07, 6.45) is 0. The molecule has 0 aliphatic carbocycles. The van der Waals surface area contributed by atoms with Crippen LogP contribution in [0.4, 0.5) is 0 Å². The fourth-order valence-corrected chi connectivity index (χ4v) is 0.879. The van der Waals surface area contributed by atoms with Gasteiger partial charge in [0, 0.05) is 12.3 Å². The summed E-state index contributed by atoms with van der Waals surface area (Å²) in [6, 6.07) is 0. The molecule has 5 heteroatoms. The lowest BCUT2D eigenvalue weighted by Gasteiger charge is -1.96.